The number of anilines is 1. The van der Waals surface area contributed by atoms with Crippen LogP contribution in [0.15, 0.2) is 18.2 Å². The van der Waals surface area contributed by atoms with Crippen LogP contribution in [0.3, 0.4) is 0 Å². The summed E-state index contributed by atoms with van der Waals surface area (Å²) in [7, 11) is 0. The summed E-state index contributed by atoms with van der Waals surface area (Å²) in [6, 6.07) is 7.51. The Labute approximate surface area is 107 Å². The van der Waals surface area contributed by atoms with Crippen LogP contribution in [-0.2, 0) is 0 Å². The van der Waals surface area contributed by atoms with E-state index >= 15 is 0 Å². The van der Waals surface area contributed by atoms with E-state index in [1.54, 1.807) is 17.0 Å². The number of carbonyl (C=O) groups is 1. The number of rotatable bonds is 5. The summed E-state index contributed by atoms with van der Waals surface area (Å²) >= 11 is 0. The minimum Gasteiger partial charge on any atom is -0.338 e. The molecule has 1 amide bonds. The molecule has 0 aliphatic rings. The van der Waals surface area contributed by atoms with Crippen molar-refractivity contribution in [2.24, 2.45) is 5.84 Å². The van der Waals surface area contributed by atoms with Crippen molar-refractivity contribution in [3.63, 3.8) is 0 Å². The molecule has 3 N–H and O–H groups in total. The van der Waals surface area contributed by atoms with E-state index < -0.39 is 0 Å². The second-order valence-corrected chi connectivity index (χ2v) is 3.99. The summed E-state index contributed by atoms with van der Waals surface area (Å²) < 4.78 is 0. The van der Waals surface area contributed by atoms with Gasteiger partial charge in [-0.05, 0) is 26.0 Å². The number of benzene rings is 1. The molecule has 0 heterocycles. The molecule has 0 unspecified atom stereocenters. The zero-order valence-electron chi connectivity index (χ0n) is 10.7. The first-order chi connectivity index (χ1) is 8.63. The van der Waals surface area contributed by atoms with Gasteiger partial charge in [0, 0.05) is 13.1 Å². The van der Waals surface area contributed by atoms with Gasteiger partial charge in [0.15, 0.2) is 0 Å². The first-order valence-electron chi connectivity index (χ1n) is 5.87. The molecule has 1 aromatic carbocycles. The Morgan fingerprint density at radius 2 is 2.28 bits per heavy atom. The fourth-order valence-electron chi connectivity index (χ4n) is 1.72. The molecule has 0 atom stereocenters. The van der Waals surface area contributed by atoms with Crippen molar-refractivity contribution in [3.05, 3.63) is 29.3 Å². The van der Waals surface area contributed by atoms with Crippen molar-refractivity contribution in [2.45, 2.75) is 20.3 Å². The normalized spacial score (nSPS) is 9.67. The molecule has 0 radical (unpaired) electrons. The van der Waals surface area contributed by atoms with Crippen LogP contribution in [0, 0.1) is 18.3 Å². The maximum absolute atomic E-state index is 12.3. The maximum atomic E-state index is 12.3. The van der Waals surface area contributed by atoms with Crippen molar-refractivity contribution in [1.29, 1.82) is 5.26 Å². The molecule has 18 heavy (non-hydrogen) atoms. The number of amides is 1. The van der Waals surface area contributed by atoms with E-state index in [0.29, 0.717) is 30.8 Å². The lowest BCUT2D eigenvalue weighted by molar-refractivity contribution is 0.0768. The van der Waals surface area contributed by atoms with Crippen molar-refractivity contribution in [2.75, 3.05) is 18.5 Å². The van der Waals surface area contributed by atoms with E-state index in [4.69, 9.17) is 11.1 Å². The number of nitriles is 1. The smallest absolute Gasteiger partial charge is 0.256 e. The van der Waals surface area contributed by atoms with Crippen LogP contribution in [0.5, 0.6) is 0 Å². The fraction of sp³-hybridized carbons (Fsp3) is 0.385. The highest BCUT2D eigenvalue weighted by Crippen LogP contribution is 2.18. The average molecular weight is 246 g/mol. The maximum Gasteiger partial charge on any atom is 0.256 e. The van der Waals surface area contributed by atoms with Crippen molar-refractivity contribution < 1.29 is 4.79 Å². The first kappa shape index (κ1) is 14.0. The molecule has 0 spiro atoms. The Morgan fingerprint density at radius 1 is 1.56 bits per heavy atom. The summed E-state index contributed by atoms with van der Waals surface area (Å²) in [4.78, 5) is 14.0. The van der Waals surface area contributed by atoms with Gasteiger partial charge in [-0.3, -0.25) is 10.6 Å². The summed E-state index contributed by atoms with van der Waals surface area (Å²) in [5.41, 5.74) is 4.66. The van der Waals surface area contributed by atoms with Gasteiger partial charge in [0.25, 0.3) is 5.91 Å². The molecule has 0 saturated carbocycles. The topological polar surface area (TPSA) is 82.2 Å². The molecule has 5 heteroatoms. The summed E-state index contributed by atoms with van der Waals surface area (Å²) in [6.45, 7) is 4.81. The van der Waals surface area contributed by atoms with Gasteiger partial charge in [-0.2, -0.15) is 5.26 Å². The van der Waals surface area contributed by atoms with E-state index in [-0.39, 0.29) is 5.91 Å². The number of hydrogen-bond acceptors (Lipinski definition) is 4. The molecule has 0 aliphatic carbocycles. The minimum atomic E-state index is -0.107. The largest absolute Gasteiger partial charge is 0.338 e. The van der Waals surface area contributed by atoms with Gasteiger partial charge < -0.3 is 10.3 Å². The lowest BCUT2D eigenvalue weighted by Crippen LogP contribution is -2.32. The molecule has 1 rings (SSSR count). The Balaban J connectivity index is 3.00. The monoisotopic (exact) mass is 246 g/mol. The van der Waals surface area contributed by atoms with Crippen LogP contribution in [0.2, 0.25) is 0 Å². The molecule has 0 aromatic heterocycles. The third-order valence-corrected chi connectivity index (χ3v) is 2.72. The fourth-order valence-corrected chi connectivity index (χ4v) is 1.72. The molecule has 0 bridgehead atoms. The molecule has 1 aromatic rings. The highest BCUT2D eigenvalue weighted by atomic mass is 16.2. The summed E-state index contributed by atoms with van der Waals surface area (Å²) in [5, 5.41) is 8.59. The second-order valence-electron chi connectivity index (χ2n) is 3.99. The molecule has 96 valence electrons. The number of carbonyl (C=O) groups excluding carboxylic acids is 1. The zero-order chi connectivity index (χ0) is 13.5. The number of hydrogen-bond donors (Lipinski definition) is 2. The third-order valence-electron chi connectivity index (χ3n) is 2.72. The van der Waals surface area contributed by atoms with Gasteiger partial charge in [0.05, 0.1) is 23.7 Å². The molecule has 0 saturated heterocycles. The second kappa shape index (κ2) is 6.62. The van der Waals surface area contributed by atoms with Gasteiger partial charge in [0.1, 0.15) is 0 Å². The van der Waals surface area contributed by atoms with Crippen LogP contribution in [0.1, 0.15) is 29.3 Å². The molecule has 0 aliphatic heterocycles. The van der Waals surface area contributed by atoms with E-state index in [2.05, 4.69) is 5.43 Å². The Morgan fingerprint density at radius 3 is 2.83 bits per heavy atom. The van der Waals surface area contributed by atoms with Crippen molar-refractivity contribution >= 4 is 11.6 Å². The number of aryl methyl sites for hydroxylation is 1. The highest BCUT2D eigenvalue weighted by Gasteiger charge is 2.17. The zero-order valence-corrected chi connectivity index (χ0v) is 10.7. The van der Waals surface area contributed by atoms with Gasteiger partial charge in [-0.25, -0.2) is 0 Å². The minimum absolute atomic E-state index is 0.107. The Kier molecular flexibility index (Phi) is 5.15. The number of hydrazine groups is 1. The SMILES string of the molecule is CCN(CCC#N)C(=O)c1cc(C)ccc1NN. The van der Waals surface area contributed by atoms with Crippen LogP contribution < -0.4 is 11.3 Å². The lowest BCUT2D eigenvalue weighted by Gasteiger charge is -2.21. The average Bonchev–Trinajstić information content (AvgIpc) is 2.39. The molecule has 0 fully saturated rings. The molecular weight excluding hydrogens is 228 g/mol. The van der Waals surface area contributed by atoms with Crippen LogP contribution in [0.4, 0.5) is 5.69 Å². The molecule has 5 nitrogen and oxygen atoms in total. The number of nitrogen functional groups attached to an aromatic ring is 1. The van der Waals surface area contributed by atoms with Gasteiger partial charge in [0.2, 0.25) is 0 Å². The Bertz CT molecular complexity index is 465. The standard InChI is InChI=1S/C13H18N4O/c1-3-17(8-4-7-14)13(18)11-9-10(2)5-6-12(11)16-15/h5-6,9,16H,3-4,8,15H2,1-2H3. The van der Waals surface area contributed by atoms with E-state index in [0.717, 1.165) is 5.56 Å². The molecular formula is C13H18N4O. The lowest BCUT2D eigenvalue weighted by atomic mass is 10.1. The number of nitrogens with zero attached hydrogens (tertiary/aromatic N) is 2. The van der Waals surface area contributed by atoms with Crippen molar-refractivity contribution in [3.8, 4) is 6.07 Å². The van der Waals surface area contributed by atoms with Gasteiger partial charge in [-0.1, -0.05) is 11.6 Å². The van der Waals surface area contributed by atoms with Gasteiger partial charge >= 0.3 is 0 Å². The number of nitrogens with two attached hydrogens (primary N) is 1. The van der Waals surface area contributed by atoms with E-state index in [9.17, 15) is 4.79 Å². The number of nitrogens with one attached hydrogen (secondary N) is 1. The van der Waals surface area contributed by atoms with Crippen molar-refractivity contribution in [1.82, 2.24) is 4.90 Å². The van der Waals surface area contributed by atoms with Gasteiger partial charge in [-0.15, -0.1) is 0 Å². The predicted molar refractivity (Wildman–Crippen MR) is 70.8 cm³/mol. The van der Waals surface area contributed by atoms with Crippen LogP contribution in [0.25, 0.3) is 0 Å². The van der Waals surface area contributed by atoms with E-state index in [1.165, 1.54) is 0 Å². The predicted octanol–water partition coefficient (Wildman–Crippen LogP) is 1.66. The van der Waals surface area contributed by atoms with E-state index in [1.807, 2.05) is 26.0 Å². The van der Waals surface area contributed by atoms with Crippen LogP contribution in [-0.4, -0.2) is 23.9 Å². The first-order valence-corrected chi connectivity index (χ1v) is 5.87. The third kappa shape index (κ3) is 3.22. The Hall–Kier alpha value is -2.06. The quantitative estimate of drug-likeness (QED) is 0.611. The highest BCUT2D eigenvalue weighted by molar-refractivity contribution is 5.99. The summed E-state index contributed by atoms with van der Waals surface area (Å²) in [5.74, 6) is 5.30. The van der Waals surface area contributed by atoms with Crippen LogP contribution >= 0.6 is 0 Å². The summed E-state index contributed by atoms with van der Waals surface area (Å²) in [6.07, 6.45) is 0.330.